The molecule has 0 fully saturated rings. The van der Waals surface area contributed by atoms with Gasteiger partial charge in [-0.1, -0.05) is 11.6 Å². The summed E-state index contributed by atoms with van der Waals surface area (Å²) < 4.78 is 5.72. The number of hydrogen-bond acceptors (Lipinski definition) is 2. The molecule has 1 heterocycles. The lowest BCUT2D eigenvalue weighted by Gasteiger charge is -2.29. The summed E-state index contributed by atoms with van der Waals surface area (Å²) in [5, 5.41) is 9.41. The minimum Gasteiger partial charge on any atom is -0.483 e. The first-order valence-electron chi connectivity index (χ1n) is 4.64. The minimum atomic E-state index is -0.391. The summed E-state index contributed by atoms with van der Waals surface area (Å²) in [6.45, 7) is 3.88. The summed E-state index contributed by atoms with van der Waals surface area (Å²) in [5.41, 5.74) is 0.983. The molecule has 0 atom stereocenters. The third kappa shape index (κ3) is 1.84. The highest BCUT2D eigenvalue weighted by molar-refractivity contribution is 6.49. The number of fused-ring (bicyclic) bond motifs is 1. The second-order valence-corrected chi connectivity index (χ2v) is 4.43. The molecule has 0 radical (unpaired) electrons. The van der Waals surface area contributed by atoms with Gasteiger partial charge in [0.25, 0.3) is 0 Å². The van der Waals surface area contributed by atoms with E-state index in [-0.39, 0.29) is 0 Å². The molecule has 0 unspecified atom stereocenters. The van der Waals surface area contributed by atoms with Crippen molar-refractivity contribution in [3.05, 3.63) is 35.4 Å². The highest BCUT2D eigenvalue weighted by Gasteiger charge is 2.25. The van der Waals surface area contributed by atoms with E-state index in [1.54, 1.807) is 18.2 Å². The molecule has 0 aliphatic carbocycles. The Labute approximate surface area is 93.7 Å². The highest BCUT2D eigenvalue weighted by atomic mass is 35.5. The molecular formula is C12H10ClNO. The molecule has 3 heteroatoms. The summed E-state index contributed by atoms with van der Waals surface area (Å²) >= 11 is 6.13. The number of hydrogen-bond donors (Lipinski definition) is 0. The summed E-state index contributed by atoms with van der Waals surface area (Å²) in [5.74, 6) is 0.728. The molecule has 1 aliphatic heterocycles. The van der Waals surface area contributed by atoms with Crippen molar-refractivity contribution in [2.24, 2.45) is 0 Å². The number of benzene rings is 1. The van der Waals surface area contributed by atoms with Crippen LogP contribution in [0.3, 0.4) is 0 Å². The van der Waals surface area contributed by atoms with Gasteiger partial charge in [0.15, 0.2) is 0 Å². The molecule has 15 heavy (non-hydrogen) atoms. The van der Waals surface area contributed by atoms with Gasteiger partial charge in [0.05, 0.1) is 16.7 Å². The first-order chi connectivity index (χ1) is 7.02. The zero-order chi connectivity index (χ0) is 11.1. The maximum Gasteiger partial charge on any atom is 0.129 e. The quantitative estimate of drug-likeness (QED) is 0.671. The number of nitriles is 1. The Morgan fingerprint density at radius 1 is 1.40 bits per heavy atom. The number of rotatable bonds is 0. The number of halogens is 1. The SMILES string of the molecule is CC1(C)C=C(Cl)c2cc(C#N)ccc2O1. The predicted molar refractivity (Wildman–Crippen MR) is 59.7 cm³/mol. The van der Waals surface area contributed by atoms with Gasteiger partial charge in [-0.15, -0.1) is 0 Å². The maximum absolute atomic E-state index is 8.77. The molecule has 2 nitrogen and oxygen atoms in total. The van der Waals surface area contributed by atoms with E-state index in [2.05, 4.69) is 6.07 Å². The predicted octanol–water partition coefficient (Wildman–Crippen LogP) is 3.31. The zero-order valence-electron chi connectivity index (χ0n) is 8.54. The molecule has 76 valence electrons. The van der Waals surface area contributed by atoms with Crippen molar-refractivity contribution in [2.45, 2.75) is 19.4 Å². The molecule has 1 aromatic carbocycles. The van der Waals surface area contributed by atoms with Crippen molar-refractivity contribution in [1.82, 2.24) is 0 Å². The van der Waals surface area contributed by atoms with Crippen molar-refractivity contribution in [1.29, 1.82) is 5.26 Å². The summed E-state index contributed by atoms with van der Waals surface area (Å²) in [4.78, 5) is 0. The van der Waals surface area contributed by atoms with Crippen molar-refractivity contribution in [3.63, 3.8) is 0 Å². The Morgan fingerprint density at radius 2 is 2.13 bits per heavy atom. The van der Waals surface area contributed by atoms with Gasteiger partial charge >= 0.3 is 0 Å². The summed E-state index contributed by atoms with van der Waals surface area (Å²) in [6.07, 6.45) is 1.85. The monoisotopic (exact) mass is 219 g/mol. The van der Waals surface area contributed by atoms with E-state index in [0.717, 1.165) is 11.3 Å². The highest BCUT2D eigenvalue weighted by Crippen LogP contribution is 2.38. The topological polar surface area (TPSA) is 33.0 Å². The van der Waals surface area contributed by atoms with Crippen LogP contribution in [0.15, 0.2) is 24.3 Å². The van der Waals surface area contributed by atoms with Crippen LogP contribution in [0.2, 0.25) is 0 Å². The fraction of sp³-hybridized carbons (Fsp3) is 0.250. The molecule has 0 spiro atoms. The van der Waals surface area contributed by atoms with Gasteiger partial charge in [0.1, 0.15) is 11.4 Å². The molecule has 0 amide bonds. The van der Waals surface area contributed by atoms with Crippen LogP contribution >= 0.6 is 11.6 Å². The van der Waals surface area contributed by atoms with E-state index in [4.69, 9.17) is 21.6 Å². The molecule has 0 bridgehead atoms. The Bertz CT molecular complexity index is 483. The largest absolute Gasteiger partial charge is 0.483 e. The van der Waals surface area contributed by atoms with Crippen molar-refractivity contribution < 1.29 is 4.74 Å². The fourth-order valence-electron chi connectivity index (χ4n) is 1.57. The van der Waals surface area contributed by atoms with Crippen molar-refractivity contribution >= 4 is 16.6 Å². The smallest absolute Gasteiger partial charge is 0.129 e. The fourth-order valence-corrected chi connectivity index (χ4v) is 1.98. The molecule has 1 aromatic rings. The van der Waals surface area contributed by atoms with Gasteiger partial charge in [-0.2, -0.15) is 5.26 Å². The van der Waals surface area contributed by atoms with Gasteiger partial charge in [0.2, 0.25) is 0 Å². The Balaban J connectivity index is 2.57. The Hall–Kier alpha value is -1.46. The van der Waals surface area contributed by atoms with Crippen LogP contribution in [0.5, 0.6) is 5.75 Å². The van der Waals surface area contributed by atoms with Gasteiger partial charge in [-0.3, -0.25) is 0 Å². The third-order valence-electron chi connectivity index (χ3n) is 2.21. The van der Waals surface area contributed by atoms with Gasteiger partial charge < -0.3 is 4.74 Å². The average molecular weight is 220 g/mol. The molecule has 2 rings (SSSR count). The van der Waals surface area contributed by atoms with Gasteiger partial charge in [0, 0.05) is 5.56 Å². The van der Waals surface area contributed by atoms with Crippen LogP contribution in [0.25, 0.3) is 5.03 Å². The lowest BCUT2D eigenvalue weighted by molar-refractivity contribution is 0.158. The molecule has 0 aromatic heterocycles. The normalized spacial score (nSPS) is 17.1. The standard InChI is InChI=1S/C12H10ClNO/c1-12(2)6-10(13)9-5-8(7-14)3-4-11(9)15-12/h3-6H,1-2H3. The summed E-state index contributed by atoms with van der Waals surface area (Å²) in [7, 11) is 0. The van der Waals surface area contributed by atoms with E-state index in [1.165, 1.54) is 0 Å². The van der Waals surface area contributed by atoms with Crippen LogP contribution in [0.4, 0.5) is 0 Å². The minimum absolute atomic E-state index is 0.391. The molecule has 0 saturated carbocycles. The average Bonchev–Trinajstić information content (AvgIpc) is 2.15. The first-order valence-corrected chi connectivity index (χ1v) is 5.01. The van der Waals surface area contributed by atoms with Crippen LogP contribution < -0.4 is 4.74 Å². The lowest BCUT2D eigenvalue weighted by Crippen LogP contribution is -2.28. The Morgan fingerprint density at radius 3 is 2.80 bits per heavy atom. The maximum atomic E-state index is 8.77. The van der Waals surface area contributed by atoms with E-state index in [0.29, 0.717) is 10.6 Å². The third-order valence-corrected chi connectivity index (χ3v) is 2.53. The molecule has 1 aliphatic rings. The van der Waals surface area contributed by atoms with Gasteiger partial charge in [-0.25, -0.2) is 0 Å². The second kappa shape index (κ2) is 3.29. The summed E-state index contributed by atoms with van der Waals surface area (Å²) in [6, 6.07) is 7.33. The van der Waals surface area contributed by atoms with Crippen LogP contribution in [0.1, 0.15) is 25.0 Å². The van der Waals surface area contributed by atoms with Crippen LogP contribution in [-0.2, 0) is 0 Å². The Kier molecular flexibility index (Phi) is 2.21. The van der Waals surface area contributed by atoms with E-state index in [1.807, 2.05) is 19.9 Å². The van der Waals surface area contributed by atoms with Crippen molar-refractivity contribution in [2.75, 3.05) is 0 Å². The van der Waals surface area contributed by atoms with E-state index >= 15 is 0 Å². The van der Waals surface area contributed by atoms with Crippen molar-refractivity contribution in [3.8, 4) is 11.8 Å². The molecular weight excluding hydrogens is 210 g/mol. The second-order valence-electron chi connectivity index (χ2n) is 4.02. The number of nitrogens with zero attached hydrogens (tertiary/aromatic N) is 1. The molecule has 0 saturated heterocycles. The van der Waals surface area contributed by atoms with Crippen LogP contribution in [-0.4, -0.2) is 5.60 Å². The van der Waals surface area contributed by atoms with Crippen LogP contribution in [0, 0.1) is 11.3 Å². The van der Waals surface area contributed by atoms with E-state index in [9.17, 15) is 0 Å². The number of ether oxygens (including phenoxy) is 1. The van der Waals surface area contributed by atoms with E-state index < -0.39 is 5.60 Å². The lowest BCUT2D eigenvalue weighted by atomic mass is 10.0. The molecule has 0 N–H and O–H groups in total. The van der Waals surface area contributed by atoms with Gasteiger partial charge in [-0.05, 0) is 38.1 Å². The first kappa shape index (κ1) is 10.1. The zero-order valence-corrected chi connectivity index (χ0v) is 9.30.